The van der Waals surface area contributed by atoms with Gasteiger partial charge in [-0.1, -0.05) is 67.1 Å². The van der Waals surface area contributed by atoms with Crippen LogP contribution >= 0.6 is 12.4 Å². The van der Waals surface area contributed by atoms with Crippen LogP contribution in [0.5, 0.6) is 0 Å². The van der Waals surface area contributed by atoms with E-state index in [1.807, 2.05) is 60.7 Å². The van der Waals surface area contributed by atoms with E-state index in [1.54, 1.807) is 0 Å². The lowest BCUT2D eigenvalue weighted by Crippen LogP contribution is -2.49. The minimum atomic E-state index is -0.614. The van der Waals surface area contributed by atoms with Crippen molar-refractivity contribution in [3.63, 3.8) is 0 Å². The fourth-order valence-electron chi connectivity index (χ4n) is 2.41. The molecule has 0 saturated carbocycles. The third-order valence-electron chi connectivity index (χ3n) is 3.71. The summed E-state index contributed by atoms with van der Waals surface area (Å²) in [5, 5.41) is 0. The Kier molecular flexibility index (Phi) is 9.16. The lowest BCUT2D eigenvalue weighted by Gasteiger charge is -2.18. The lowest BCUT2D eigenvalue weighted by atomic mass is 9.55. The highest BCUT2D eigenvalue weighted by Gasteiger charge is 2.27. The predicted octanol–water partition coefficient (Wildman–Crippen LogP) is 1.21. The molecule has 0 aromatic heterocycles. The zero-order chi connectivity index (χ0) is 16.5. The van der Waals surface area contributed by atoms with Crippen molar-refractivity contribution >= 4 is 36.2 Å². The highest BCUT2D eigenvalue weighted by molar-refractivity contribution is 6.81. The summed E-state index contributed by atoms with van der Waals surface area (Å²) in [4.78, 5) is 12.3. The van der Waals surface area contributed by atoms with E-state index >= 15 is 0 Å². The van der Waals surface area contributed by atoms with Gasteiger partial charge in [0, 0.05) is 0 Å². The largest absolute Gasteiger partial charge is 0.525 e. The molecule has 0 bridgehead atoms. The van der Waals surface area contributed by atoms with Gasteiger partial charge in [-0.05, 0) is 30.3 Å². The zero-order valence-electron chi connectivity index (χ0n) is 13.6. The summed E-state index contributed by atoms with van der Waals surface area (Å²) in [5.74, 6) is -0.375. The minimum Gasteiger partial charge on any atom is -0.525 e. The van der Waals surface area contributed by atoms with Gasteiger partial charge in [0.25, 0.3) is 0 Å². The van der Waals surface area contributed by atoms with Gasteiger partial charge >= 0.3 is 12.9 Å². The fourth-order valence-corrected chi connectivity index (χ4v) is 2.41. The molecule has 0 spiro atoms. The van der Waals surface area contributed by atoms with Crippen LogP contribution in [-0.2, 0) is 9.45 Å². The number of rotatable bonds is 8. The number of hydrogen-bond acceptors (Lipinski definition) is 4. The lowest BCUT2D eigenvalue weighted by molar-refractivity contribution is -0.136. The van der Waals surface area contributed by atoms with Crippen molar-refractivity contribution in [1.29, 1.82) is 0 Å². The third-order valence-corrected chi connectivity index (χ3v) is 3.71. The Morgan fingerprint density at radius 1 is 0.958 bits per heavy atom. The monoisotopic (exact) mass is 346 g/mol. The molecule has 6 heteroatoms. The molecule has 2 rings (SSSR count). The number of unbranched alkanes of at least 4 members (excludes halogenated alkanes) is 1. The summed E-state index contributed by atoms with van der Waals surface area (Å²) in [7, 11) is 0. The van der Waals surface area contributed by atoms with Crippen molar-refractivity contribution in [2.45, 2.75) is 25.3 Å². The minimum absolute atomic E-state index is 0. The van der Waals surface area contributed by atoms with Crippen LogP contribution in [-0.4, -0.2) is 25.5 Å². The average Bonchev–Trinajstić information content (AvgIpc) is 2.61. The maximum absolute atomic E-state index is 12.3. The first-order valence-corrected chi connectivity index (χ1v) is 7.98. The highest BCUT2D eigenvalue weighted by Crippen LogP contribution is 2.02. The standard InChI is InChI=1S/C18H23BN2O2.ClH/c20-14-8-7-13-17(21)18(22)23-19(15-9-3-1-4-10-15)16-11-5-2-6-12-16;/h1-6,9-12,17H,7-8,13-14,20-21H2;1H. The van der Waals surface area contributed by atoms with E-state index in [1.165, 1.54) is 0 Å². The molecule has 128 valence electrons. The molecule has 0 amide bonds. The zero-order valence-corrected chi connectivity index (χ0v) is 14.5. The van der Waals surface area contributed by atoms with Crippen LogP contribution in [0.4, 0.5) is 0 Å². The van der Waals surface area contributed by atoms with E-state index in [4.69, 9.17) is 16.1 Å². The number of nitrogens with two attached hydrogens (primary N) is 2. The van der Waals surface area contributed by atoms with Crippen LogP contribution in [0.3, 0.4) is 0 Å². The van der Waals surface area contributed by atoms with Gasteiger partial charge in [-0.2, -0.15) is 0 Å². The van der Waals surface area contributed by atoms with Crippen molar-refractivity contribution in [1.82, 2.24) is 0 Å². The first-order valence-electron chi connectivity index (χ1n) is 7.98. The molecule has 0 fully saturated rings. The van der Waals surface area contributed by atoms with Gasteiger partial charge in [0.05, 0.1) is 0 Å². The summed E-state index contributed by atoms with van der Waals surface area (Å²) in [6.45, 7) is 0.170. The average molecular weight is 347 g/mol. The fraction of sp³-hybridized carbons (Fsp3) is 0.278. The summed E-state index contributed by atoms with van der Waals surface area (Å²) in [5.41, 5.74) is 13.3. The second-order valence-electron chi connectivity index (χ2n) is 5.53. The van der Waals surface area contributed by atoms with Gasteiger partial charge in [0.1, 0.15) is 6.04 Å². The summed E-state index contributed by atoms with van der Waals surface area (Å²) in [6.07, 6.45) is 2.28. The molecule has 0 aliphatic carbocycles. The third kappa shape index (κ3) is 6.00. The summed E-state index contributed by atoms with van der Waals surface area (Å²) >= 11 is 0. The summed E-state index contributed by atoms with van der Waals surface area (Å²) < 4.78 is 5.72. The normalized spacial score (nSPS) is 11.2. The van der Waals surface area contributed by atoms with Gasteiger partial charge < -0.3 is 16.1 Å². The Morgan fingerprint density at radius 3 is 1.92 bits per heavy atom. The molecular weight excluding hydrogens is 322 g/mol. The van der Waals surface area contributed by atoms with Crippen LogP contribution < -0.4 is 22.4 Å². The highest BCUT2D eigenvalue weighted by atomic mass is 35.5. The van der Waals surface area contributed by atoms with E-state index < -0.39 is 13.0 Å². The van der Waals surface area contributed by atoms with E-state index in [0.717, 1.165) is 23.8 Å². The smallest absolute Gasteiger partial charge is 0.429 e. The number of carbonyl (C=O) groups excluding carboxylic acids is 1. The van der Waals surface area contributed by atoms with Crippen molar-refractivity contribution in [3.8, 4) is 0 Å². The van der Waals surface area contributed by atoms with E-state index in [0.29, 0.717) is 13.0 Å². The first-order chi connectivity index (χ1) is 11.2. The quantitative estimate of drug-likeness (QED) is 0.556. The number of benzene rings is 2. The maximum Gasteiger partial charge on any atom is 0.429 e. The van der Waals surface area contributed by atoms with Gasteiger partial charge in [-0.15, -0.1) is 12.4 Å². The topological polar surface area (TPSA) is 78.3 Å². The molecular formula is C18H24BClN2O2. The molecule has 0 aliphatic heterocycles. The van der Waals surface area contributed by atoms with Crippen LogP contribution in [0.15, 0.2) is 60.7 Å². The van der Waals surface area contributed by atoms with Crippen LogP contribution in [0, 0.1) is 0 Å². The maximum atomic E-state index is 12.3. The SMILES string of the molecule is Cl.NCCCCC(N)C(=O)OB(c1ccccc1)c1ccccc1. The molecule has 2 aromatic carbocycles. The molecule has 1 atom stereocenters. The Hall–Kier alpha value is -1.82. The molecule has 0 saturated heterocycles. The van der Waals surface area contributed by atoms with Crippen molar-refractivity contribution in [2.24, 2.45) is 11.5 Å². The molecule has 0 radical (unpaired) electrons. The predicted molar refractivity (Wildman–Crippen MR) is 102 cm³/mol. The van der Waals surface area contributed by atoms with Crippen LogP contribution in [0.25, 0.3) is 0 Å². The second kappa shape index (κ2) is 10.9. The Bertz CT molecular complexity index is 559. The van der Waals surface area contributed by atoms with Crippen molar-refractivity contribution in [3.05, 3.63) is 60.7 Å². The van der Waals surface area contributed by atoms with Crippen LogP contribution in [0.2, 0.25) is 0 Å². The number of carbonyl (C=O) groups is 1. The Labute approximate surface area is 150 Å². The molecule has 4 nitrogen and oxygen atoms in total. The van der Waals surface area contributed by atoms with E-state index in [9.17, 15) is 4.79 Å². The second-order valence-corrected chi connectivity index (χ2v) is 5.53. The van der Waals surface area contributed by atoms with E-state index in [2.05, 4.69) is 0 Å². The van der Waals surface area contributed by atoms with Gasteiger partial charge in [0.2, 0.25) is 0 Å². The number of halogens is 1. The Balaban J connectivity index is 0.00000288. The molecule has 1 unspecified atom stereocenters. The number of hydrogen-bond donors (Lipinski definition) is 2. The molecule has 4 N–H and O–H groups in total. The summed E-state index contributed by atoms with van der Waals surface area (Å²) in [6, 6.07) is 18.8. The van der Waals surface area contributed by atoms with E-state index in [-0.39, 0.29) is 18.4 Å². The van der Waals surface area contributed by atoms with Gasteiger partial charge in [0.15, 0.2) is 0 Å². The van der Waals surface area contributed by atoms with Gasteiger partial charge in [-0.3, -0.25) is 4.79 Å². The molecule has 0 heterocycles. The molecule has 2 aromatic rings. The van der Waals surface area contributed by atoms with Crippen molar-refractivity contribution < 1.29 is 9.45 Å². The molecule has 0 aliphatic rings. The van der Waals surface area contributed by atoms with Crippen LogP contribution in [0.1, 0.15) is 19.3 Å². The van der Waals surface area contributed by atoms with Gasteiger partial charge in [-0.25, -0.2) is 0 Å². The molecule has 24 heavy (non-hydrogen) atoms. The van der Waals surface area contributed by atoms with Crippen molar-refractivity contribution in [2.75, 3.05) is 6.54 Å². The Morgan fingerprint density at radius 2 is 1.46 bits per heavy atom. The first kappa shape index (κ1) is 20.2.